The van der Waals surface area contributed by atoms with E-state index in [1.165, 1.54) is 0 Å². The van der Waals surface area contributed by atoms with Crippen molar-refractivity contribution in [3.05, 3.63) is 23.8 Å². The molecule has 2 N–H and O–H groups in total. The molecule has 8 heteroatoms. The molecule has 1 aromatic carbocycles. The molecule has 0 aliphatic carbocycles. The number of amides is 2. The molecule has 144 valence electrons. The summed E-state index contributed by atoms with van der Waals surface area (Å²) in [6.07, 6.45) is 3.79. The van der Waals surface area contributed by atoms with E-state index in [0.717, 1.165) is 19.3 Å². The van der Waals surface area contributed by atoms with Crippen molar-refractivity contribution in [2.45, 2.75) is 46.0 Å². The molecule has 2 rings (SSSR count). The number of nitrogens with one attached hydrogen (secondary N) is 2. The molecule has 0 unspecified atom stereocenters. The second kappa shape index (κ2) is 9.02. The highest BCUT2D eigenvalue weighted by Crippen LogP contribution is 2.24. The number of carbonyl (C=O) groups excluding carboxylic acids is 2. The minimum Gasteiger partial charge on any atom is -0.333 e. The number of likely N-dealkylation sites (tertiary alicyclic amines) is 1. The molecule has 1 aliphatic heterocycles. The summed E-state index contributed by atoms with van der Waals surface area (Å²) in [5.41, 5.74) is 1.62. The summed E-state index contributed by atoms with van der Waals surface area (Å²) in [5, 5.41) is 2.79. The fourth-order valence-corrected chi connectivity index (χ4v) is 4.13. The maximum Gasteiger partial charge on any atom is 0.244 e. The van der Waals surface area contributed by atoms with Gasteiger partial charge in [-0.2, -0.15) is 0 Å². The Morgan fingerprint density at radius 3 is 2.65 bits per heavy atom. The summed E-state index contributed by atoms with van der Waals surface area (Å²) in [5.74, 6) is -0.229. The predicted octanol–water partition coefficient (Wildman–Crippen LogP) is 2.49. The van der Waals surface area contributed by atoms with Crippen LogP contribution < -0.4 is 10.0 Å². The van der Waals surface area contributed by atoms with Crippen LogP contribution in [0.15, 0.2) is 18.2 Å². The maximum absolute atomic E-state index is 12.3. The highest BCUT2D eigenvalue weighted by Gasteiger charge is 2.20. The predicted molar refractivity (Wildman–Crippen MR) is 103 cm³/mol. The number of rotatable bonds is 7. The van der Waals surface area contributed by atoms with Gasteiger partial charge in [0.1, 0.15) is 0 Å². The Labute approximate surface area is 155 Å². The number of benzene rings is 1. The molecule has 0 aromatic heterocycles. The molecule has 0 spiro atoms. The quantitative estimate of drug-likeness (QED) is 0.758. The third-order valence-electron chi connectivity index (χ3n) is 4.35. The monoisotopic (exact) mass is 381 g/mol. The van der Waals surface area contributed by atoms with E-state index in [1.807, 2.05) is 0 Å². The van der Waals surface area contributed by atoms with Crippen LogP contribution in [0.25, 0.3) is 0 Å². The van der Waals surface area contributed by atoms with Crippen molar-refractivity contribution in [3.63, 3.8) is 0 Å². The summed E-state index contributed by atoms with van der Waals surface area (Å²) in [6, 6.07) is 5.06. The summed E-state index contributed by atoms with van der Waals surface area (Å²) in [7, 11) is -3.40. The molecule has 2 amide bonds. The molecule has 1 aliphatic rings. The number of hydrogen-bond donors (Lipinski definition) is 2. The highest BCUT2D eigenvalue weighted by atomic mass is 32.2. The van der Waals surface area contributed by atoms with Gasteiger partial charge < -0.3 is 10.2 Å². The Hall–Kier alpha value is -2.09. The molecule has 1 fully saturated rings. The largest absolute Gasteiger partial charge is 0.333 e. The van der Waals surface area contributed by atoms with Crippen LogP contribution in [0.4, 0.5) is 11.4 Å². The summed E-state index contributed by atoms with van der Waals surface area (Å²) < 4.78 is 26.5. The first-order chi connectivity index (χ1) is 12.3. The van der Waals surface area contributed by atoms with Crippen molar-refractivity contribution < 1.29 is 18.0 Å². The lowest BCUT2D eigenvalue weighted by Gasteiger charge is -2.20. The third-order valence-corrected chi connectivity index (χ3v) is 5.83. The van der Waals surface area contributed by atoms with Crippen LogP contribution in [0.3, 0.4) is 0 Å². The lowest BCUT2D eigenvalue weighted by atomic mass is 10.1. The number of carbonyl (C=O) groups is 2. The molecule has 26 heavy (non-hydrogen) atoms. The van der Waals surface area contributed by atoms with Gasteiger partial charge in [-0.15, -0.1) is 0 Å². The summed E-state index contributed by atoms with van der Waals surface area (Å²) in [6.45, 7) is 4.16. The van der Waals surface area contributed by atoms with Gasteiger partial charge in [0.2, 0.25) is 21.8 Å². The van der Waals surface area contributed by atoms with Crippen molar-refractivity contribution in [2.24, 2.45) is 0 Å². The van der Waals surface area contributed by atoms with Gasteiger partial charge in [-0.05, 0) is 43.9 Å². The minimum absolute atomic E-state index is 0.00967. The van der Waals surface area contributed by atoms with Crippen molar-refractivity contribution in [2.75, 3.05) is 28.9 Å². The van der Waals surface area contributed by atoms with Crippen LogP contribution in [0.5, 0.6) is 0 Å². The van der Waals surface area contributed by atoms with Crippen molar-refractivity contribution >= 4 is 33.2 Å². The van der Waals surface area contributed by atoms with Crippen LogP contribution >= 0.6 is 0 Å². The van der Waals surface area contributed by atoms with Crippen molar-refractivity contribution in [3.8, 4) is 0 Å². The first-order valence-electron chi connectivity index (χ1n) is 9.00. The lowest BCUT2D eigenvalue weighted by molar-refractivity contribution is -0.134. The van der Waals surface area contributed by atoms with E-state index in [2.05, 4.69) is 10.0 Å². The Bertz CT molecular complexity index is 762. The SMILES string of the molecule is CCCS(=O)(=O)Nc1cccc(NC(=O)CN2CCCCCC2=O)c1C. The van der Waals surface area contributed by atoms with Gasteiger partial charge in [-0.1, -0.05) is 19.4 Å². The minimum atomic E-state index is -3.40. The second-order valence-electron chi connectivity index (χ2n) is 6.57. The van der Waals surface area contributed by atoms with E-state index in [9.17, 15) is 18.0 Å². The van der Waals surface area contributed by atoms with Gasteiger partial charge in [-0.25, -0.2) is 8.42 Å². The number of nitrogens with zero attached hydrogens (tertiary/aromatic N) is 1. The normalized spacial score (nSPS) is 15.5. The van der Waals surface area contributed by atoms with Crippen molar-refractivity contribution in [1.29, 1.82) is 0 Å². The fourth-order valence-electron chi connectivity index (χ4n) is 2.94. The number of sulfonamides is 1. The second-order valence-corrected chi connectivity index (χ2v) is 8.42. The van der Waals surface area contributed by atoms with E-state index in [-0.39, 0.29) is 24.1 Å². The average Bonchev–Trinajstić information content (AvgIpc) is 2.76. The van der Waals surface area contributed by atoms with E-state index in [1.54, 1.807) is 36.9 Å². The summed E-state index contributed by atoms with van der Waals surface area (Å²) >= 11 is 0. The molecule has 1 heterocycles. The smallest absolute Gasteiger partial charge is 0.244 e. The molecular weight excluding hydrogens is 354 g/mol. The van der Waals surface area contributed by atoms with Crippen LogP contribution in [0.2, 0.25) is 0 Å². The zero-order valence-corrected chi connectivity index (χ0v) is 16.2. The first-order valence-corrected chi connectivity index (χ1v) is 10.7. The fraction of sp³-hybridized carbons (Fsp3) is 0.556. The van der Waals surface area contributed by atoms with Crippen LogP contribution in [0, 0.1) is 6.92 Å². The Morgan fingerprint density at radius 1 is 1.19 bits per heavy atom. The molecule has 1 aromatic rings. The Balaban J connectivity index is 2.06. The topological polar surface area (TPSA) is 95.6 Å². The third kappa shape index (κ3) is 5.72. The van der Waals surface area contributed by atoms with E-state index >= 15 is 0 Å². The lowest BCUT2D eigenvalue weighted by Crippen LogP contribution is -2.37. The molecule has 7 nitrogen and oxygen atoms in total. The van der Waals surface area contributed by atoms with E-state index in [0.29, 0.717) is 36.3 Å². The first kappa shape index (κ1) is 20.2. The van der Waals surface area contributed by atoms with E-state index in [4.69, 9.17) is 0 Å². The zero-order valence-electron chi connectivity index (χ0n) is 15.4. The van der Waals surface area contributed by atoms with Crippen molar-refractivity contribution in [1.82, 2.24) is 4.90 Å². The number of hydrogen-bond acceptors (Lipinski definition) is 4. The summed E-state index contributed by atoms with van der Waals surface area (Å²) in [4.78, 5) is 25.9. The van der Waals surface area contributed by atoms with Crippen LogP contribution in [-0.2, 0) is 19.6 Å². The van der Waals surface area contributed by atoms with Crippen LogP contribution in [-0.4, -0.2) is 44.0 Å². The molecular formula is C18H27N3O4S. The zero-order chi connectivity index (χ0) is 19.2. The molecule has 0 radical (unpaired) electrons. The Morgan fingerprint density at radius 2 is 1.92 bits per heavy atom. The van der Waals surface area contributed by atoms with Crippen LogP contribution in [0.1, 0.15) is 44.6 Å². The molecule has 0 bridgehead atoms. The van der Waals surface area contributed by atoms with Gasteiger partial charge >= 0.3 is 0 Å². The van der Waals surface area contributed by atoms with Gasteiger partial charge in [-0.3, -0.25) is 14.3 Å². The average molecular weight is 381 g/mol. The number of anilines is 2. The highest BCUT2D eigenvalue weighted by molar-refractivity contribution is 7.92. The van der Waals surface area contributed by atoms with Gasteiger partial charge in [0, 0.05) is 18.7 Å². The maximum atomic E-state index is 12.3. The van der Waals surface area contributed by atoms with Gasteiger partial charge in [0.05, 0.1) is 18.0 Å². The van der Waals surface area contributed by atoms with E-state index < -0.39 is 10.0 Å². The molecule has 0 saturated carbocycles. The molecule has 0 atom stereocenters. The Kier molecular flexibility index (Phi) is 7.02. The van der Waals surface area contributed by atoms with Gasteiger partial charge in [0.15, 0.2) is 0 Å². The van der Waals surface area contributed by atoms with Gasteiger partial charge in [0.25, 0.3) is 0 Å². The standard InChI is InChI=1S/C18H27N3O4S/c1-3-12-26(24,25)20-16-9-7-8-15(14(16)2)19-17(22)13-21-11-6-4-5-10-18(21)23/h7-9,20H,3-6,10-13H2,1-2H3,(H,19,22). The molecule has 1 saturated heterocycles.